The van der Waals surface area contributed by atoms with Crippen LogP contribution in [0.3, 0.4) is 0 Å². The fourth-order valence-electron chi connectivity index (χ4n) is 1.32. The third kappa shape index (κ3) is 2.58. The molecule has 1 fully saturated rings. The summed E-state index contributed by atoms with van der Waals surface area (Å²) in [5.41, 5.74) is 0. The van der Waals surface area contributed by atoms with E-state index in [0.29, 0.717) is 0 Å². The Balaban J connectivity index is 2.30. The van der Waals surface area contributed by atoms with E-state index < -0.39 is 0 Å². The summed E-state index contributed by atoms with van der Waals surface area (Å²) in [7, 11) is 0. The van der Waals surface area contributed by atoms with E-state index in [1.165, 1.54) is 11.9 Å². The summed E-state index contributed by atoms with van der Waals surface area (Å²) in [5, 5.41) is 5.39. The summed E-state index contributed by atoms with van der Waals surface area (Å²) in [6, 6.07) is 0. The Hall–Kier alpha value is 0.160. The van der Waals surface area contributed by atoms with Gasteiger partial charge in [-0.05, 0) is 18.5 Å². The van der Waals surface area contributed by atoms with E-state index in [-0.39, 0.29) is 0 Å². The van der Waals surface area contributed by atoms with Crippen molar-refractivity contribution in [1.29, 1.82) is 0 Å². The molecule has 1 aliphatic rings. The molecule has 0 amide bonds. The average Bonchev–Trinajstić information content (AvgIpc) is 2.17. The van der Waals surface area contributed by atoms with Gasteiger partial charge < -0.3 is 9.80 Å². The molecule has 0 aromatic rings. The highest BCUT2D eigenvalue weighted by Gasteiger charge is 2.16. The summed E-state index contributed by atoms with van der Waals surface area (Å²) in [5.74, 6) is 0. The van der Waals surface area contributed by atoms with E-state index in [0.717, 1.165) is 37.0 Å². The Bertz CT molecular complexity index is 155. The molecule has 70 valence electrons. The number of nitrogens with zero attached hydrogens (tertiary/aromatic N) is 2. The van der Waals surface area contributed by atoms with Gasteiger partial charge in [0.2, 0.25) is 0 Å². The number of nitrogens with two attached hydrogens (primary N) is 1. The molecule has 5 heteroatoms. The molecule has 0 atom stereocenters. The second-order valence-corrected chi connectivity index (χ2v) is 4.07. The van der Waals surface area contributed by atoms with Gasteiger partial charge in [-0.15, -0.1) is 0 Å². The molecule has 0 spiro atoms. The second kappa shape index (κ2) is 5.01. The molecule has 0 aliphatic carbocycles. The minimum atomic E-state index is 0.825. The molecule has 0 aromatic carbocycles. The lowest BCUT2D eigenvalue weighted by Crippen LogP contribution is -2.47. The van der Waals surface area contributed by atoms with Crippen molar-refractivity contribution in [3.05, 3.63) is 0 Å². The van der Waals surface area contributed by atoms with Crippen molar-refractivity contribution >= 4 is 28.5 Å². The van der Waals surface area contributed by atoms with Crippen molar-refractivity contribution < 1.29 is 0 Å². The fourth-order valence-corrected chi connectivity index (χ4v) is 1.84. The van der Waals surface area contributed by atoms with Crippen molar-refractivity contribution in [3.63, 3.8) is 0 Å². The Morgan fingerprint density at radius 3 is 2.42 bits per heavy atom. The Morgan fingerprint density at radius 1 is 1.42 bits per heavy atom. The zero-order valence-electron chi connectivity index (χ0n) is 7.32. The van der Waals surface area contributed by atoms with Crippen LogP contribution in [0.15, 0.2) is 0 Å². The molecule has 0 radical (unpaired) electrons. The van der Waals surface area contributed by atoms with Gasteiger partial charge >= 0.3 is 0 Å². The predicted molar refractivity (Wildman–Crippen MR) is 58.1 cm³/mol. The molecule has 0 bridgehead atoms. The summed E-state index contributed by atoms with van der Waals surface area (Å²) < 4.78 is 0.825. The van der Waals surface area contributed by atoms with Crippen LogP contribution in [0.1, 0.15) is 6.92 Å². The lowest BCUT2D eigenvalue weighted by Gasteiger charge is -2.34. The summed E-state index contributed by atoms with van der Waals surface area (Å²) >= 11 is 6.27. The lowest BCUT2D eigenvalue weighted by atomic mass is 10.3. The number of hydrogen-bond donors (Lipinski definition) is 1. The molecule has 1 saturated heterocycles. The molecule has 1 aliphatic heterocycles. The second-order valence-electron chi connectivity index (χ2n) is 2.81. The first-order chi connectivity index (χ1) is 5.77. The van der Waals surface area contributed by atoms with E-state index in [4.69, 9.17) is 17.4 Å². The fraction of sp³-hybridized carbons (Fsp3) is 0.857. The van der Waals surface area contributed by atoms with E-state index in [1.54, 1.807) is 0 Å². The molecular formula is C7H15N3S2. The topological polar surface area (TPSA) is 32.5 Å². The monoisotopic (exact) mass is 205 g/mol. The van der Waals surface area contributed by atoms with Gasteiger partial charge in [0.05, 0.1) is 0 Å². The Kier molecular flexibility index (Phi) is 4.28. The van der Waals surface area contributed by atoms with Crippen molar-refractivity contribution in [1.82, 2.24) is 9.80 Å². The first-order valence-corrected chi connectivity index (χ1v) is 5.44. The Morgan fingerprint density at radius 2 is 2.00 bits per heavy atom. The Labute approximate surface area is 83.4 Å². The highest BCUT2D eigenvalue weighted by atomic mass is 32.2. The summed E-state index contributed by atoms with van der Waals surface area (Å²) in [4.78, 5) is 4.59. The van der Waals surface area contributed by atoms with Crippen molar-refractivity contribution in [3.8, 4) is 0 Å². The molecule has 3 nitrogen and oxygen atoms in total. The zero-order chi connectivity index (χ0) is 8.97. The van der Waals surface area contributed by atoms with Crippen LogP contribution in [-0.2, 0) is 0 Å². The smallest absolute Gasteiger partial charge is 0.151 e. The minimum absolute atomic E-state index is 0.825. The van der Waals surface area contributed by atoms with E-state index in [9.17, 15) is 0 Å². The van der Waals surface area contributed by atoms with Gasteiger partial charge in [0.15, 0.2) is 4.32 Å². The number of thiocarbonyl (C=S) groups is 1. The maximum Gasteiger partial charge on any atom is 0.151 e. The van der Waals surface area contributed by atoms with Gasteiger partial charge in [0.1, 0.15) is 0 Å². The molecule has 0 unspecified atom stereocenters. The SMILES string of the molecule is CCN1CCN(C(=S)SN)CC1. The lowest BCUT2D eigenvalue weighted by molar-refractivity contribution is 0.193. The van der Waals surface area contributed by atoms with Crippen LogP contribution in [0.25, 0.3) is 0 Å². The third-order valence-corrected chi connectivity index (χ3v) is 3.19. The minimum Gasteiger partial charge on any atom is -0.354 e. The van der Waals surface area contributed by atoms with E-state index in [2.05, 4.69) is 16.7 Å². The average molecular weight is 205 g/mol. The molecule has 1 rings (SSSR count). The molecule has 1 heterocycles. The van der Waals surface area contributed by atoms with Crippen LogP contribution >= 0.6 is 24.2 Å². The van der Waals surface area contributed by atoms with Gasteiger partial charge in [-0.3, -0.25) is 5.14 Å². The largest absolute Gasteiger partial charge is 0.354 e. The van der Waals surface area contributed by atoms with Crippen LogP contribution in [0, 0.1) is 0 Å². The van der Waals surface area contributed by atoms with E-state index >= 15 is 0 Å². The van der Waals surface area contributed by atoms with Crippen LogP contribution in [0.5, 0.6) is 0 Å². The summed E-state index contributed by atoms with van der Waals surface area (Å²) in [6.07, 6.45) is 0. The number of likely N-dealkylation sites (N-methyl/N-ethyl adjacent to an activating group) is 1. The third-order valence-electron chi connectivity index (χ3n) is 2.18. The van der Waals surface area contributed by atoms with Gasteiger partial charge in [-0.1, -0.05) is 19.1 Å². The van der Waals surface area contributed by atoms with Crippen molar-refractivity contribution in [2.24, 2.45) is 5.14 Å². The van der Waals surface area contributed by atoms with Gasteiger partial charge in [0.25, 0.3) is 0 Å². The number of piperazine rings is 1. The molecule has 0 aromatic heterocycles. The maximum atomic E-state index is 5.39. The molecular weight excluding hydrogens is 190 g/mol. The van der Waals surface area contributed by atoms with E-state index in [1.807, 2.05) is 0 Å². The van der Waals surface area contributed by atoms with Gasteiger partial charge in [0, 0.05) is 26.2 Å². The predicted octanol–water partition coefficient (Wildman–Crippen LogP) is 0.516. The summed E-state index contributed by atoms with van der Waals surface area (Å²) in [6.45, 7) is 7.59. The normalized spacial score (nSPS) is 19.7. The first-order valence-electron chi connectivity index (χ1n) is 4.16. The zero-order valence-corrected chi connectivity index (χ0v) is 8.96. The molecule has 12 heavy (non-hydrogen) atoms. The highest BCUT2D eigenvalue weighted by Crippen LogP contribution is 2.07. The number of hydrogen-bond acceptors (Lipinski definition) is 4. The van der Waals surface area contributed by atoms with Crippen molar-refractivity contribution in [2.75, 3.05) is 32.7 Å². The highest BCUT2D eigenvalue weighted by molar-refractivity contribution is 8.21. The molecule has 2 N–H and O–H groups in total. The maximum absolute atomic E-state index is 5.39. The van der Waals surface area contributed by atoms with Gasteiger partial charge in [-0.25, -0.2) is 0 Å². The standard InChI is InChI=1S/C7H15N3S2/c1-2-9-3-5-10(6-4-9)7(11)12-8/h2-6,8H2,1H3. The van der Waals surface area contributed by atoms with Crippen LogP contribution in [0.4, 0.5) is 0 Å². The van der Waals surface area contributed by atoms with Crippen LogP contribution < -0.4 is 5.14 Å². The van der Waals surface area contributed by atoms with Crippen LogP contribution in [-0.4, -0.2) is 46.8 Å². The molecule has 0 saturated carbocycles. The van der Waals surface area contributed by atoms with Crippen molar-refractivity contribution in [2.45, 2.75) is 6.92 Å². The number of rotatable bonds is 1. The van der Waals surface area contributed by atoms with Crippen LogP contribution in [0.2, 0.25) is 0 Å². The first kappa shape index (κ1) is 10.2. The quantitative estimate of drug-likeness (QED) is 0.498. The van der Waals surface area contributed by atoms with Gasteiger partial charge in [-0.2, -0.15) is 0 Å².